The molecule has 1 aromatic carbocycles. The Morgan fingerprint density at radius 2 is 1.89 bits per heavy atom. The first-order valence-electron chi connectivity index (χ1n) is 12.5. The molecule has 10 nitrogen and oxygen atoms in total. The molecule has 3 aromatic rings. The summed E-state index contributed by atoms with van der Waals surface area (Å²) in [7, 11) is 0. The molecule has 1 aliphatic rings. The van der Waals surface area contributed by atoms with Crippen LogP contribution in [0, 0.1) is 12.8 Å². The molecule has 0 aliphatic carbocycles. The van der Waals surface area contributed by atoms with Gasteiger partial charge in [0.2, 0.25) is 11.6 Å². The number of aryl methyl sites for hydroxylation is 1. The van der Waals surface area contributed by atoms with Crippen LogP contribution in [0.4, 0.5) is 11.5 Å². The molecule has 0 saturated carbocycles. The van der Waals surface area contributed by atoms with E-state index in [1.165, 1.54) is 0 Å². The van der Waals surface area contributed by atoms with Crippen LogP contribution in [0.25, 0.3) is 16.7 Å². The van der Waals surface area contributed by atoms with Crippen molar-refractivity contribution in [2.24, 2.45) is 5.92 Å². The number of rotatable bonds is 9. The number of carbonyl (C=O) groups excluding carboxylic acids is 1. The highest BCUT2D eigenvalue weighted by atomic mass is 16.5. The predicted molar refractivity (Wildman–Crippen MR) is 137 cm³/mol. The maximum absolute atomic E-state index is 11.9. The van der Waals surface area contributed by atoms with Gasteiger partial charge in [-0.25, -0.2) is 4.98 Å². The SMILES string of the molecule is Cc1nnc2c(NCCCCNC(=O)[C@H](O)C(C)C)nc3cc(N4C[C@@H](C)O[C@@H](C)C4)ccc3n12. The summed E-state index contributed by atoms with van der Waals surface area (Å²) in [5.41, 5.74) is 3.67. The van der Waals surface area contributed by atoms with E-state index in [1.54, 1.807) is 0 Å². The quantitative estimate of drug-likeness (QED) is 0.398. The first kappa shape index (κ1) is 25.1. The minimum absolute atomic E-state index is 0.0970. The number of ether oxygens (including phenoxy) is 1. The van der Waals surface area contributed by atoms with Crippen molar-refractivity contribution >= 4 is 34.1 Å². The molecular weight excluding hydrogens is 446 g/mol. The Balaban J connectivity index is 1.46. The molecule has 0 unspecified atom stereocenters. The molecule has 1 saturated heterocycles. The molecule has 3 N–H and O–H groups in total. The molecule has 3 atom stereocenters. The number of hydrogen-bond donors (Lipinski definition) is 3. The van der Waals surface area contributed by atoms with Gasteiger partial charge in [0.25, 0.3) is 0 Å². The van der Waals surface area contributed by atoms with Crippen molar-refractivity contribution in [3.63, 3.8) is 0 Å². The van der Waals surface area contributed by atoms with Crippen molar-refractivity contribution in [1.82, 2.24) is 24.9 Å². The number of aromatic nitrogens is 4. The van der Waals surface area contributed by atoms with E-state index in [2.05, 4.69) is 57.8 Å². The average molecular weight is 484 g/mol. The molecule has 1 fully saturated rings. The maximum Gasteiger partial charge on any atom is 0.249 e. The number of morpholine rings is 1. The van der Waals surface area contributed by atoms with Crippen molar-refractivity contribution in [1.29, 1.82) is 0 Å². The number of benzene rings is 1. The number of fused-ring (bicyclic) bond motifs is 3. The minimum atomic E-state index is -0.965. The second-order valence-electron chi connectivity index (χ2n) is 9.82. The van der Waals surface area contributed by atoms with Crippen LogP contribution in [0.15, 0.2) is 18.2 Å². The fraction of sp³-hybridized carbons (Fsp3) is 0.600. The van der Waals surface area contributed by atoms with E-state index in [0.29, 0.717) is 24.6 Å². The van der Waals surface area contributed by atoms with Gasteiger partial charge < -0.3 is 25.4 Å². The molecule has 10 heteroatoms. The highest BCUT2D eigenvalue weighted by Crippen LogP contribution is 2.27. The molecule has 1 amide bonds. The standard InChI is InChI=1S/C25H37N7O3/c1-15(2)22(33)25(34)27-11-7-6-10-26-23-24-30-29-18(5)32(24)21-9-8-19(12-20(21)28-23)31-13-16(3)35-17(4)14-31/h8-9,12,15-17,22,33H,6-7,10-11,13-14H2,1-5H3,(H,26,28)(H,27,34)/t16-,17+,22-/m1/s1. The fourth-order valence-corrected chi connectivity index (χ4v) is 4.54. The molecule has 0 radical (unpaired) electrons. The van der Waals surface area contributed by atoms with Crippen LogP contribution in [0.3, 0.4) is 0 Å². The van der Waals surface area contributed by atoms with E-state index in [1.807, 2.05) is 25.2 Å². The van der Waals surface area contributed by atoms with Gasteiger partial charge in [0, 0.05) is 31.9 Å². The summed E-state index contributed by atoms with van der Waals surface area (Å²) in [5.74, 6) is 1.09. The van der Waals surface area contributed by atoms with E-state index < -0.39 is 6.10 Å². The molecular formula is C25H37N7O3. The van der Waals surface area contributed by atoms with Gasteiger partial charge in [-0.3, -0.25) is 9.20 Å². The smallest absolute Gasteiger partial charge is 0.249 e. The number of amides is 1. The second kappa shape index (κ2) is 10.7. The van der Waals surface area contributed by atoms with Crippen molar-refractivity contribution in [3.05, 3.63) is 24.0 Å². The Hall–Kier alpha value is -2.98. The second-order valence-corrected chi connectivity index (χ2v) is 9.82. The van der Waals surface area contributed by atoms with Gasteiger partial charge in [-0.2, -0.15) is 0 Å². The Morgan fingerprint density at radius 3 is 2.60 bits per heavy atom. The minimum Gasteiger partial charge on any atom is -0.383 e. The third-order valence-corrected chi connectivity index (χ3v) is 6.35. The summed E-state index contributed by atoms with van der Waals surface area (Å²) in [5, 5.41) is 24.6. The summed E-state index contributed by atoms with van der Waals surface area (Å²) in [6.07, 6.45) is 1.02. The number of anilines is 2. The first-order chi connectivity index (χ1) is 16.7. The maximum atomic E-state index is 11.9. The molecule has 1 aliphatic heterocycles. The number of hydrogen-bond acceptors (Lipinski definition) is 8. The lowest BCUT2D eigenvalue weighted by atomic mass is 10.1. The van der Waals surface area contributed by atoms with Crippen molar-refractivity contribution in [2.45, 2.75) is 65.8 Å². The van der Waals surface area contributed by atoms with E-state index in [0.717, 1.165) is 48.5 Å². The number of carbonyl (C=O) groups is 1. The summed E-state index contributed by atoms with van der Waals surface area (Å²) < 4.78 is 7.93. The van der Waals surface area contributed by atoms with Crippen LogP contribution in [-0.2, 0) is 9.53 Å². The van der Waals surface area contributed by atoms with E-state index in [-0.39, 0.29) is 24.0 Å². The molecule has 3 heterocycles. The number of aliphatic hydroxyl groups is 1. The summed E-state index contributed by atoms with van der Waals surface area (Å²) >= 11 is 0. The van der Waals surface area contributed by atoms with Crippen LogP contribution in [-0.4, -0.2) is 75.1 Å². The largest absolute Gasteiger partial charge is 0.383 e. The molecule has 0 spiro atoms. The summed E-state index contributed by atoms with van der Waals surface area (Å²) in [6.45, 7) is 12.7. The first-order valence-corrected chi connectivity index (χ1v) is 12.5. The Bertz CT molecular complexity index is 1170. The highest BCUT2D eigenvalue weighted by Gasteiger charge is 2.23. The van der Waals surface area contributed by atoms with Gasteiger partial charge in [0.05, 0.1) is 23.2 Å². The monoisotopic (exact) mass is 483 g/mol. The lowest BCUT2D eigenvalue weighted by molar-refractivity contribution is -0.131. The number of unbranched alkanes of at least 4 members (excludes halogenated alkanes) is 1. The molecule has 35 heavy (non-hydrogen) atoms. The van der Waals surface area contributed by atoms with Gasteiger partial charge >= 0.3 is 0 Å². The van der Waals surface area contributed by atoms with E-state index >= 15 is 0 Å². The van der Waals surface area contributed by atoms with Gasteiger partial charge in [-0.05, 0) is 57.7 Å². The summed E-state index contributed by atoms with van der Waals surface area (Å²) in [6, 6.07) is 6.34. The van der Waals surface area contributed by atoms with E-state index in [4.69, 9.17) is 9.72 Å². The molecule has 190 valence electrons. The molecule has 2 aromatic heterocycles. The Kier molecular flexibility index (Phi) is 7.71. The summed E-state index contributed by atoms with van der Waals surface area (Å²) in [4.78, 5) is 19.1. The number of aliphatic hydroxyl groups excluding tert-OH is 1. The van der Waals surface area contributed by atoms with Gasteiger partial charge in [-0.1, -0.05) is 13.8 Å². The number of nitrogens with zero attached hydrogens (tertiary/aromatic N) is 5. The van der Waals surface area contributed by atoms with Crippen LogP contribution in [0.2, 0.25) is 0 Å². The fourth-order valence-electron chi connectivity index (χ4n) is 4.54. The third-order valence-electron chi connectivity index (χ3n) is 6.35. The van der Waals surface area contributed by atoms with Gasteiger partial charge in [-0.15, -0.1) is 10.2 Å². The highest BCUT2D eigenvalue weighted by molar-refractivity contribution is 5.85. The lowest BCUT2D eigenvalue weighted by Crippen LogP contribution is -2.45. The number of nitrogens with one attached hydrogen (secondary N) is 2. The van der Waals surface area contributed by atoms with Crippen LogP contribution < -0.4 is 15.5 Å². The normalized spacial score (nSPS) is 19.5. The van der Waals surface area contributed by atoms with Crippen molar-refractivity contribution in [2.75, 3.05) is 36.4 Å². The predicted octanol–water partition coefficient (Wildman–Crippen LogP) is 2.52. The van der Waals surface area contributed by atoms with Crippen molar-refractivity contribution < 1.29 is 14.6 Å². The Morgan fingerprint density at radius 1 is 1.17 bits per heavy atom. The Labute approximate surface area is 206 Å². The van der Waals surface area contributed by atoms with Gasteiger partial charge in [0.15, 0.2) is 5.82 Å². The van der Waals surface area contributed by atoms with Crippen molar-refractivity contribution in [3.8, 4) is 0 Å². The zero-order chi connectivity index (χ0) is 25.1. The molecule has 0 bridgehead atoms. The third kappa shape index (κ3) is 5.65. The zero-order valence-electron chi connectivity index (χ0n) is 21.3. The van der Waals surface area contributed by atoms with Gasteiger partial charge in [0.1, 0.15) is 11.9 Å². The van der Waals surface area contributed by atoms with Crippen LogP contribution in [0.1, 0.15) is 46.4 Å². The molecule has 4 rings (SSSR count). The van der Waals surface area contributed by atoms with Crippen LogP contribution >= 0.6 is 0 Å². The lowest BCUT2D eigenvalue weighted by Gasteiger charge is -2.36. The average Bonchev–Trinajstić information content (AvgIpc) is 3.21. The topological polar surface area (TPSA) is 117 Å². The van der Waals surface area contributed by atoms with E-state index in [9.17, 15) is 9.90 Å². The zero-order valence-corrected chi connectivity index (χ0v) is 21.3. The van der Waals surface area contributed by atoms with Crippen LogP contribution in [0.5, 0.6) is 0 Å².